The molecule has 1 heterocycles. The highest BCUT2D eigenvalue weighted by Gasteiger charge is 2.24. The van der Waals surface area contributed by atoms with E-state index >= 15 is 0 Å². The molecule has 1 aliphatic heterocycles. The van der Waals surface area contributed by atoms with Crippen LogP contribution < -0.4 is 0 Å². The highest BCUT2D eigenvalue weighted by molar-refractivity contribution is 6.18. The molecule has 19 heavy (non-hydrogen) atoms. The van der Waals surface area contributed by atoms with Crippen LogP contribution in [0.1, 0.15) is 10.4 Å². The van der Waals surface area contributed by atoms with Gasteiger partial charge in [-0.15, -0.1) is 11.6 Å². The molecule has 104 valence electrons. The van der Waals surface area contributed by atoms with Crippen LogP contribution in [0.3, 0.4) is 0 Å². The van der Waals surface area contributed by atoms with Crippen LogP contribution in [0.2, 0.25) is 0 Å². The maximum absolute atomic E-state index is 13.5. The van der Waals surface area contributed by atoms with Gasteiger partial charge in [0.1, 0.15) is 11.6 Å². The first kappa shape index (κ1) is 14.2. The Hall–Kier alpha value is -1.20. The van der Waals surface area contributed by atoms with Crippen LogP contribution in [-0.2, 0) is 0 Å². The van der Waals surface area contributed by atoms with Crippen molar-refractivity contribution < 1.29 is 13.6 Å². The molecule has 0 aliphatic carbocycles. The molecule has 1 amide bonds. The minimum atomic E-state index is -0.686. The van der Waals surface area contributed by atoms with Crippen LogP contribution in [-0.4, -0.2) is 54.3 Å². The van der Waals surface area contributed by atoms with E-state index in [1.54, 1.807) is 4.90 Å². The zero-order chi connectivity index (χ0) is 13.8. The number of benzene rings is 1. The van der Waals surface area contributed by atoms with E-state index in [9.17, 15) is 13.6 Å². The minimum absolute atomic E-state index is 0.203. The molecule has 0 radical (unpaired) electrons. The van der Waals surface area contributed by atoms with E-state index < -0.39 is 17.5 Å². The molecule has 1 aliphatic rings. The third-order valence-electron chi connectivity index (χ3n) is 3.22. The molecule has 3 nitrogen and oxygen atoms in total. The summed E-state index contributed by atoms with van der Waals surface area (Å²) < 4.78 is 26.6. The van der Waals surface area contributed by atoms with Gasteiger partial charge in [-0.25, -0.2) is 8.78 Å². The third-order valence-corrected chi connectivity index (χ3v) is 3.39. The van der Waals surface area contributed by atoms with Crippen molar-refractivity contribution in [1.82, 2.24) is 9.80 Å². The second kappa shape index (κ2) is 6.30. The predicted octanol–water partition coefficient (Wildman–Crippen LogP) is 1.96. The number of nitrogens with zero attached hydrogens (tertiary/aromatic N) is 2. The Kier molecular flexibility index (Phi) is 4.71. The molecule has 1 aromatic carbocycles. The van der Waals surface area contributed by atoms with Gasteiger partial charge in [-0.1, -0.05) is 0 Å². The lowest BCUT2D eigenvalue weighted by Gasteiger charge is -2.34. The summed E-state index contributed by atoms with van der Waals surface area (Å²) in [5, 5.41) is 0. The van der Waals surface area contributed by atoms with Gasteiger partial charge in [0.25, 0.3) is 5.91 Å². The van der Waals surface area contributed by atoms with Crippen LogP contribution in [0.5, 0.6) is 0 Å². The number of halogens is 3. The van der Waals surface area contributed by atoms with Crippen molar-refractivity contribution in [3.8, 4) is 0 Å². The monoisotopic (exact) mass is 288 g/mol. The van der Waals surface area contributed by atoms with E-state index in [-0.39, 0.29) is 5.56 Å². The number of carbonyl (C=O) groups excluding carboxylic acids is 1. The van der Waals surface area contributed by atoms with Gasteiger partial charge in [-0.3, -0.25) is 9.69 Å². The average Bonchev–Trinajstić information content (AvgIpc) is 2.42. The molecule has 0 aromatic heterocycles. The van der Waals surface area contributed by atoms with Gasteiger partial charge in [0.05, 0.1) is 5.56 Å². The highest BCUT2D eigenvalue weighted by Crippen LogP contribution is 2.14. The third kappa shape index (κ3) is 3.42. The quantitative estimate of drug-likeness (QED) is 0.794. The molecule has 0 bridgehead atoms. The van der Waals surface area contributed by atoms with Crippen molar-refractivity contribution in [3.63, 3.8) is 0 Å². The molecule has 2 rings (SSSR count). The maximum Gasteiger partial charge on any atom is 0.257 e. The van der Waals surface area contributed by atoms with Gasteiger partial charge >= 0.3 is 0 Å². The number of alkyl halides is 1. The SMILES string of the molecule is O=C(c1cc(F)ccc1F)N1CCN(CCCl)CC1. The Morgan fingerprint density at radius 2 is 1.89 bits per heavy atom. The number of amides is 1. The molecular weight excluding hydrogens is 274 g/mol. The van der Waals surface area contributed by atoms with E-state index in [0.717, 1.165) is 24.7 Å². The summed E-state index contributed by atoms with van der Waals surface area (Å²) in [4.78, 5) is 15.8. The van der Waals surface area contributed by atoms with Gasteiger partial charge in [0.15, 0.2) is 0 Å². The van der Waals surface area contributed by atoms with Crippen molar-refractivity contribution in [2.24, 2.45) is 0 Å². The average molecular weight is 289 g/mol. The lowest BCUT2D eigenvalue weighted by molar-refractivity contribution is 0.0639. The van der Waals surface area contributed by atoms with E-state index in [2.05, 4.69) is 4.90 Å². The van der Waals surface area contributed by atoms with Gasteiger partial charge in [0.2, 0.25) is 0 Å². The van der Waals surface area contributed by atoms with Crippen molar-refractivity contribution >= 4 is 17.5 Å². The van der Waals surface area contributed by atoms with Gasteiger partial charge < -0.3 is 4.90 Å². The first-order valence-electron chi connectivity index (χ1n) is 6.14. The molecule has 1 aromatic rings. The largest absolute Gasteiger partial charge is 0.336 e. The van der Waals surface area contributed by atoms with Crippen molar-refractivity contribution in [2.45, 2.75) is 0 Å². The normalized spacial score (nSPS) is 16.7. The summed E-state index contributed by atoms with van der Waals surface area (Å²) in [6.45, 7) is 3.19. The summed E-state index contributed by atoms with van der Waals surface area (Å²) in [7, 11) is 0. The Balaban J connectivity index is 2.03. The van der Waals surface area contributed by atoms with Gasteiger partial charge in [-0.2, -0.15) is 0 Å². The number of hydrogen-bond donors (Lipinski definition) is 0. The molecule has 0 atom stereocenters. The Morgan fingerprint density at radius 1 is 1.21 bits per heavy atom. The highest BCUT2D eigenvalue weighted by atomic mass is 35.5. The summed E-state index contributed by atoms with van der Waals surface area (Å²) in [5.74, 6) is -1.20. The molecule has 0 saturated carbocycles. The van der Waals surface area contributed by atoms with Gasteiger partial charge in [0, 0.05) is 38.6 Å². The fraction of sp³-hybridized carbons (Fsp3) is 0.462. The van der Waals surface area contributed by atoms with Crippen LogP contribution in [0.4, 0.5) is 8.78 Å². The van der Waals surface area contributed by atoms with Crippen LogP contribution in [0, 0.1) is 11.6 Å². The lowest BCUT2D eigenvalue weighted by atomic mass is 10.1. The Bertz CT molecular complexity index is 462. The van der Waals surface area contributed by atoms with Crippen LogP contribution >= 0.6 is 11.6 Å². The zero-order valence-corrected chi connectivity index (χ0v) is 11.2. The summed E-state index contributed by atoms with van der Waals surface area (Å²) in [6.07, 6.45) is 0. The molecule has 1 fully saturated rings. The molecule has 0 unspecified atom stereocenters. The predicted molar refractivity (Wildman–Crippen MR) is 69.4 cm³/mol. The van der Waals surface area contributed by atoms with E-state index in [1.807, 2.05) is 0 Å². The fourth-order valence-corrected chi connectivity index (χ4v) is 2.36. The van der Waals surface area contributed by atoms with Crippen molar-refractivity contribution in [2.75, 3.05) is 38.6 Å². The molecule has 6 heteroatoms. The maximum atomic E-state index is 13.5. The fourth-order valence-electron chi connectivity index (χ4n) is 2.13. The Labute approximate surface area is 115 Å². The summed E-state index contributed by atoms with van der Waals surface area (Å²) in [5.41, 5.74) is -0.203. The molecular formula is C13H15ClF2N2O. The second-order valence-corrected chi connectivity index (χ2v) is 4.82. The second-order valence-electron chi connectivity index (χ2n) is 4.45. The molecule has 0 N–H and O–H groups in total. The first-order valence-corrected chi connectivity index (χ1v) is 6.68. The number of rotatable bonds is 3. The number of piperazine rings is 1. The van der Waals surface area contributed by atoms with Crippen molar-refractivity contribution in [3.05, 3.63) is 35.4 Å². The van der Waals surface area contributed by atoms with Crippen LogP contribution in [0.15, 0.2) is 18.2 Å². The first-order chi connectivity index (χ1) is 9.11. The minimum Gasteiger partial charge on any atom is -0.336 e. The topological polar surface area (TPSA) is 23.6 Å². The van der Waals surface area contributed by atoms with E-state index in [1.165, 1.54) is 0 Å². The molecule has 1 saturated heterocycles. The van der Waals surface area contributed by atoms with Crippen LogP contribution in [0.25, 0.3) is 0 Å². The van der Waals surface area contributed by atoms with E-state index in [0.29, 0.717) is 32.1 Å². The lowest BCUT2D eigenvalue weighted by Crippen LogP contribution is -2.49. The van der Waals surface area contributed by atoms with Crippen molar-refractivity contribution in [1.29, 1.82) is 0 Å². The standard InChI is InChI=1S/C13H15ClF2N2O/c14-3-4-17-5-7-18(8-6-17)13(19)11-9-10(15)1-2-12(11)16/h1-2,9H,3-8H2. The molecule has 0 spiro atoms. The Morgan fingerprint density at radius 3 is 2.53 bits per heavy atom. The zero-order valence-electron chi connectivity index (χ0n) is 10.4. The number of carbonyl (C=O) groups is 1. The smallest absolute Gasteiger partial charge is 0.257 e. The number of hydrogen-bond acceptors (Lipinski definition) is 2. The van der Waals surface area contributed by atoms with E-state index in [4.69, 9.17) is 11.6 Å². The summed E-state index contributed by atoms with van der Waals surface area (Å²) >= 11 is 5.65. The summed E-state index contributed by atoms with van der Waals surface area (Å²) in [6, 6.07) is 2.93. The van der Waals surface area contributed by atoms with Gasteiger partial charge in [-0.05, 0) is 18.2 Å².